The van der Waals surface area contributed by atoms with Crippen molar-refractivity contribution in [2.24, 2.45) is 0 Å². The Kier molecular flexibility index (Phi) is 3.58. The second-order valence-electron chi connectivity index (χ2n) is 2.84. The van der Waals surface area contributed by atoms with Crippen LogP contribution in [0.4, 0.5) is 0 Å². The van der Waals surface area contributed by atoms with E-state index in [1.807, 2.05) is 0 Å². The lowest BCUT2D eigenvalue weighted by Crippen LogP contribution is -2.11. The quantitative estimate of drug-likeness (QED) is 0.418. The van der Waals surface area contributed by atoms with Crippen LogP contribution >= 0.6 is 8.58 Å². The maximum absolute atomic E-state index is 2.27. The molecule has 1 saturated carbocycles. The van der Waals surface area contributed by atoms with Crippen LogP contribution in [0.15, 0.2) is 0 Å². The fourth-order valence-corrected chi connectivity index (χ4v) is 2.60. The molecule has 0 spiro atoms. The highest BCUT2D eigenvalue weighted by Crippen LogP contribution is 2.36. The molecular weight excluding hydrogens is 127 g/mol. The van der Waals surface area contributed by atoms with Crippen molar-refractivity contribution in [2.75, 3.05) is 6.16 Å². The third kappa shape index (κ3) is 2.67. The molecule has 0 nitrogen and oxygen atoms in total. The van der Waals surface area contributed by atoms with Crippen molar-refractivity contribution in [3.8, 4) is 0 Å². The molecule has 0 unspecified atom stereocenters. The molecule has 1 aliphatic rings. The molecule has 0 aliphatic heterocycles. The van der Waals surface area contributed by atoms with Crippen molar-refractivity contribution in [2.45, 2.75) is 44.7 Å². The van der Waals surface area contributed by atoms with E-state index in [0.717, 1.165) is 5.66 Å². The number of hydrogen-bond acceptors (Lipinski definition) is 0. The Labute approximate surface area is 60.2 Å². The minimum Gasteiger partial charge on any atom is -0.0775 e. The van der Waals surface area contributed by atoms with Crippen LogP contribution in [-0.4, -0.2) is 11.8 Å². The van der Waals surface area contributed by atoms with Gasteiger partial charge < -0.3 is 0 Å². The molecule has 9 heavy (non-hydrogen) atoms. The predicted octanol–water partition coefficient (Wildman–Crippen LogP) is 3.29. The molecule has 0 saturated heterocycles. The number of unbranched alkanes of at least 4 members (excludes halogenated alkanes) is 1. The summed E-state index contributed by atoms with van der Waals surface area (Å²) in [5, 5.41) is 0. The summed E-state index contributed by atoms with van der Waals surface area (Å²) >= 11 is 0. The van der Waals surface area contributed by atoms with Crippen LogP contribution in [0.1, 0.15) is 39.0 Å². The molecule has 53 valence electrons. The molecule has 1 aliphatic carbocycles. The molecule has 0 bridgehead atoms. The zero-order valence-corrected chi connectivity index (χ0v) is 7.16. The average Bonchev–Trinajstić information content (AvgIpc) is 1.76. The first-order chi connectivity index (χ1) is 4.43. The predicted molar refractivity (Wildman–Crippen MR) is 44.3 cm³/mol. The molecular formula is C8H16P. The summed E-state index contributed by atoms with van der Waals surface area (Å²) < 4.78 is 0. The minimum absolute atomic E-state index is 1.11. The van der Waals surface area contributed by atoms with E-state index in [9.17, 15) is 0 Å². The van der Waals surface area contributed by atoms with Crippen LogP contribution < -0.4 is 0 Å². The van der Waals surface area contributed by atoms with Gasteiger partial charge in [-0.25, -0.2) is 0 Å². The van der Waals surface area contributed by atoms with Crippen LogP contribution in [0.5, 0.6) is 0 Å². The Bertz CT molecular complexity index is 67.0. The third-order valence-electron chi connectivity index (χ3n) is 1.97. The van der Waals surface area contributed by atoms with Crippen molar-refractivity contribution in [3.05, 3.63) is 0 Å². The highest BCUT2D eigenvalue weighted by molar-refractivity contribution is 7.38. The monoisotopic (exact) mass is 143 g/mol. The molecule has 1 heteroatoms. The van der Waals surface area contributed by atoms with E-state index in [-0.39, 0.29) is 0 Å². The lowest BCUT2D eigenvalue weighted by Gasteiger charge is -2.24. The summed E-state index contributed by atoms with van der Waals surface area (Å²) in [4.78, 5) is 0. The van der Waals surface area contributed by atoms with E-state index >= 15 is 0 Å². The van der Waals surface area contributed by atoms with E-state index in [1.165, 1.54) is 38.3 Å². The fraction of sp³-hybridized carbons (Fsp3) is 1.00. The first-order valence-electron chi connectivity index (χ1n) is 4.10. The minimum atomic E-state index is 1.11. The summed E-state index contributed by atoms with van der Waals surface area (Å²) in [6.07, 6.45) is 8.82. The molecule has 0 aromatic rings. The Morgan fingerprint density at radius 1 is 1.44 bits per heavy atom. The first-order valence-corrected chi connectivity index (χ1v) is 5.25. The van der Waals surface area contributed by atoms with Crippen LogP contribution in [0.3, 0.4) is 0 Å². The summed E-state index contributed by atoms with van der Waals surface area (Å²) in [6.45, 7) is 2.27. The van der Waals surface area contributed by atoms with Crippen LogP contribution in [0.2, 0.25) is 0 Å². The third-order valence-corrected chi connectivity index (χ3v) is 3.58. The molecule has 1 radical (unpaired) electrons. The zero-order valence-electron chi connectivity index (χ0n) is 6.27. The maximum Gasteiger partial charge on any atom is -0.0170 e. The Balaban J connectivity index is 1.80. The molecule has 0 amide bonds. The Hall–Kier alpha value is 0.430. The van der Waals surface area contributed by atoms with Gasteiger partial charge in [-0.15, -0.1) is 0 Å². The van der Waals surface area contributed by atoms with Crippen LogP contribution in [0.25, 0.3) is 0 Å². The Morgan fingerprint density at radius 2 is 2.22 bits per heavy atom. The molecule has 0 heterocycles. The van der Waals surface area contributed by atoms with Crippen molar-refractivity contribution >= 4 is 8.58 Å². The van der Waals surface area contributed by atoms with E-state index in [1.54, 1.807) is 8.58 Å². The molecule has 1 fully saturated rings. The lowest BCUT2D eigenvalue weighted by atomic mass is 10.00. The van der Waals surface area contributed by atoms with Gasteiger partial charge in [-0.2, -0.15) is 0 Å². The fourth-order valence-electron chi connectivity index (χ4n) is 1.00. The average molecular weight is 143 g/mol. The van der Waals surface area contributed by atoms with Gasteiger partial charge >= 0.3 is 0 Å². The van der Waals surface area contributed by atoms with Gasteiger partial charge in [0.15, 0.2) is 0 Å². The number of hydrogen-bond donors (Lipinski definition) is 0. The standard InChI is InChI=1S/C8H16P/c1-2-3-7-9-8-5-4-6-8/h8H,2-7H2,1H3. The smallest absolute Gasteiger partial charge is 0.0170 e. The second-order valence-corrected chi connectivity index (χ2v) is 4.39. The second kappa shape index (κ2) is 4.28. The van der Waals surface area contributed by atoms with E-state index < -0.39 is 0 Å². The Morgan fingerprint density at radius 3 is 2.67 bits per heavy atom. The van der Waals surface area contributed by atoms with Gasteiger partial charge in [0.1, 0.15) is 0 Å². The molecule has 0 N–H and O–H groups in total. The van der Waals surface area contributed by atoms with Gasteiger partial charge in [-0.3, -0.25) is 0 Å². The van der Waals surface area contributed by atoms with Crippen molar-refractivity contribution in [1.82, 2.24) is 0 Å². The van der Waals surface area contributed by atoms with E-state index in [2.05, 4.69) is 6.92 Å². The molecule has 0 aromatic carbocycles. The zero-order chi connectivity index (χ0) is 6.53. The lowest BCUT2D eigenvalue weighted by molar-refractivity contribution is 0.517. The summed E-state index contributed by atoms with van der Waals surface area (Å²) in [5.74, 6) is 0. The summed E-state index contributed by atoms with van der Waals surface area (Å²) in [5.41, 5.74) is 1.11. The molecule has 0 aromatic heterocycles. The SMILES string of the molecule is CCCC[P]C1CCC1. The summed E-state index contributed by atoms with van der Waals surface area (Å²) in [7, 11) is 1.74. The van der Waals surface area contributed by atoms with E-state index in [4.69, 9.17) is 0 Å². The van der Waals surface area contributed by atoms with Gasteiger partial charge in [0, 0.05) is 0 Å². The van der Waals surface area contributed by atoms with Crippen molar-refractivity contribution < 1.29 is 0 Å². The van der Waals surface area contributed by atoms with Crippen molar-refractivity contribution in [3.63, 3.8) is 0 Å². The molecule has 1 rings (SSSR count). The largest absolute Gasteiger partial charge is 0.0775 e. The highest BCUT2D eigenvalue weighted by Gasteiger charge is 2.16. The van der Waals surface area contributed by atoms with Gasteiger partial charge in [0.2, 0.25) is 0 Å². The van der Waals surface area contributed by atoms with E-state index in [0.29, 0.717) is 0 Å². The van der Waals surface area contributed by atoms with Gasteiger partial charge in [-0.05, 0) is 31.1 Å². The topological polar surface area (TPSA) is 0 Å². The van der Waals surface area contributed by atoms with Crippen LogP contribution in [-0.2, 0) is 0 Å². The van der Waals surface area contributed by atoms with Gasteiger partial charge in [-0.1, -0.05) is 28.3 Å². The maximum atomic E-state index is 2.27. The van der Waals surface area contributed by atoms with Crippen LogP contribution in [0, 0.1) is 0 Å². The van der Waals surface area contributed by atoms with Gasteiger partial charge in [0.05, 0.1) is 0 Å². The molecule has 0 atom stereocenters. The normalized spacial score (nSPS) is 21.0. The highest BCUT2D eigenvalue weighted by atomic mass is 31.1. The van der Waals surface area contributed by atoms with Gasteiger partial charge in [0.25, 0.3) is 0 Å². The van der Waals surface area contributed by atoms with Crippen molar-refractivity contribution in [1.29, 1.82) is 0 Å². The number of rotatable bonds is 4. The summed E-state index contributed by atoms with van der Waals surface area (Å²) in [6, 6.07) is 0. The first kappa shape index (κ1) is 7.54.